The van der Waals surface area contributed by atoms with Crippen molar-refractivity contribution in [3.8, 4) is 22.4 Å². The first-order valence-corrected chi connectivity index (χ1v) is 11.0. The van der Waals surface area contributed by atoms with Crippen LogP contribution >= 0.6 is 0 Å². The van der Waals surface area contributed by atoms with E-state index in [1.54, 1.807) is 0 Å². The average molecular weight is 415 g/mol. The minimum atomic E-state index is 0.929. The van der Waals surface area contributed by atoms with Gasteiger partial charge in [-0.3, -0.25) is 0 Å². The van der Waals surface area contributed by atoms with Gasteiger partial charge in [-0.1, -0.05) is 60.7 Å². The van der Waals surface area contributed by atoms with Gasteiger partial charge in [-0.15, -0.1) is 0 Å². The lowest BCUT2D eigenvalue weighted by molar-refractivity contribution is -0.660. The van der Waals surface area contributed by atoms with Crippen molar-refractivity contribution in [2.45, 2.75) is 13.8 Å². The summed E-state index contributed by atoms with van der Waals surface area (Å²) in [7, 11) is 2.12. The molecule has 0 atom stereocenters. The van der Waals surface area contributed by atoms with E-state index in [1.165, 1.54) is 49.7 Å². The number of aryl methyl sites for hydroxylation is 3. The second kappa shape index (κ2) is 7.06. The minimum Gasteiger partial charge on any atom is -0.455 e. The highest BCUT2D eigenvalue weighted by molar-refractivity contribution is 6.15. The normalized spacial score (nSPS) is 11.6. The molecule has 2 heterocycles. The van der Waals surface area contributed by atoms with Crippen molar-refractivity contribution >= 4 is 32.7 Å². The number of pyridine rings is 1. The lowest BCUT2D eigenvalue weighted by Crippen LogP contribution is -2.31. The number of hydrogen-bond donors (Lipinski definition) is 0. The van der Waals surface area contributed by atoms with Crippen LogP contribution in [0.4, 0.5) is 0 Å². The van der Waals surface area contributed by atoms with Crippen molar-refractivity contribution in [2.24, 2.45) is 7.05 Å². The Bertz CT molecular complexity index is 1640. The highest BCUT2D eigenvalue weighted by Crippen LogP contribution is 2.37. The summed E-state index contributed by atoms with van der Waals surface area (Å²) in [5.41, 5.74) is 9.27. The molecule has 0 aliphatic carbocycles. The van der Waals surface area contributed by atoms with E-state index in [1.807, 2.05) is 0 Å². The summed E-state index contributed by atoms with van der Waals surface area (Å²) in [6, 6.07) is 30.2. The van der Waals surface area contributed by atoms with Crippen molar-refractivity contribution in [1.29, 1.82) is 0 Å². The van der Waals surface area contributed by atoms with Crippen LogP contribution in [0.1, 0.15) is 11.1 Å². The molecule has 0 spiro atoms. The molecule has 2 nitrogen and oxygen atoms in total. The molecule has 4 aromatic carbocycles. The van der Waals surface area contributed by atoms with E-state index in [2.05, 4.69) is 117 Å². The summed E-state index contributed by atoms with van der Waals surface area (Å²) in [5.74, 6) is 0. The molecule has 0 bridgehead atoms. The van der Waals surface area contributed by atoms with Crippen LogP contribution < -0.4 is 4.57 Å². The molecule has 0 radical (unpaired) electrons. The van der Waals surface area contributed by atoms with E-state index < -0.39 is 0 Å². The molecule has 2 heteroatoms. The molecule has 0 aliphatic heterocycles. The van der Waals surface area contributed by atoms with Gasteiger partial charge in [-0.05, 0) is 54.1 Å². The molecule has 0 saturated heterocycles. The number of furan rings is 1. The van der Waals surface area contributed by atoms with Crippen LogP contribution in [0.15, 0.2) is 95.5 Å². The molecule has 0 N–H and O–H groups in total. The van der Waals surface area contributed by atoms with Crippen LogP contribution in [-0.2, 0) is 7.05 Å². The molecular formula is C30H24NO+. The van der Waals surface area contributed by atoms with E-state index in [4.69, 9.17) is 4.42 Å². The first-order chi connectivity index (χ1) is 15.6. The smallest absolute Gasteiger partial charge is 0.213 e. The number of nitrogens with zero attached hydrogens (tertiary/aromatic N) is 1. The summed E-state index contributed by atoms with van der Waals surface area (Å²) >= 11 is 0. The Morgan fingerprint density at radius 1 is 0.656 bits per heavy atom. The van der Waals surface area contributed by atoms with Crippen LogP contribution in [0.5, 0.6) is 0 Å². The predicted octanol–water partition coefficient (Wildman–Crippen LogP) is 7.51. The van der Waals surface area contributed by atoms with Gasteiger partial charge < -0.3 is 4.42 Å². The maximum Gasteiger partial charge on any atom is 0.213 e. The van der Waals surface area contributed by atoms with E-state index in [0.717, 1.165) is 16.6 Å². The van der Waals surface area contributed by atoms with Gasteiger partial charge in [-0.2, -0.15) is 0 Å². The van der Waals surface area contributed by atoms with Crippen molar-refractivity contribution in [3.63, 3.8) is 0 Å². The van der Waals surface area contributed by atoms with Crippen molar-refractivity contribution in [1.82, 2.24) is 0 Å². The topological polar surface area (TPSA) is 17.0 Å². The van der Waals surface area contributed by atoms with Crippen LogP contribution in [0, 0.1) is 13.8 Å². The average Bonchev–Trinajstić information content (AvgIpc) is 3.17. The van der Waals surface area contributed by atoms with Crippen LogP contribution in [0.2, 0.25) is 0 Å². The van der Waals surface area contributed by atoms with E-state index in [9.17, 15) is 0 Å². The third-order valence-corrected chi connectivity index (χ3v) is 6.54. The van der Waals surface area contributed by atoms with E-state index in [0.29, 0.717) is 0 Å². The van der Waals surface area contributed by atoms with Gasteiger partial charge in [0.15, 0.2) is 6.20 Å². The summed E-state index contributed by atoms with van der Waals surface area (Å²) in [4.78, 5) is 0. The maximum atomic E-state index is 6.45. The third-order valence-electron chi connectivity index (χ3n) is 6.54. The Balaban J connectivity index is 1.61. The molecule has 6 rings (SSSR count). The molecule has 0 amide bonds. The van der Waals surface area contributed by atoms with E-state index in [-0.39, 0.29) is 0 Å². The molecule has 0 unspecified atom stereocenters. The van der Waals surface area contributed by atoms with Crippen LogP contribution in [0.3, 0.4) is 0 Å². The van der Waals surface area contributed by atoms with Gasteiger partial charge >= 0.3 is 0 Å². The number of rotatable bonds is 2. The summed E-state index contributed by atoms with van der Waals surface area (Å²) in [6.45, 7) is 4.36. The minimum absolute atomic E-state index is 0.929. The fourth-order valence-corrected chi connectivity index (χ4v) is 4.91. The van der Waals surface area contributed by atoms with Gasteiger partial charge in [0.1, 0.15) is 18.2 Å². The molecule has 2 aromatic heterocycles. The molecule has 0 fully saturated rings. The third kappa shape index (κ3) is 2.84. The highest BCUT2D eigenvalue weighted by atomic mass is 16.3. The number of hydrogen-bond acceptors (Lipinski definition) is 1. The first kappa shape index (κ1) is 18.8. The fraction of sp³-hybridized carbons (Fsp3) is 0.100. The zero-order chi connectivity index (χ0) is 21.8. The van der Waals surface area contributed by atoms with Crippen molar-refractivity contribution < 1.29 is 8.98 Å². The maximum absolute atomic E-state index is 6.45. The van der Waals surface area contributed by atoms with E-state index >= 15 is 0 Å². The van der Waals surface area contributed by atoms with Crippen LogP contribution in [-0.4, -0.2) is 0 Å². The molecule has 32 heavy (non-hydrogen) atoms. The van der Waals surface area contributed by atoms with Gasteiger partial charge in [-0.25, -0.2) is 4.57 Å². The first-order valence-electron chi connectivity index (χ1n) is 11.0. The van der Waals surface area contributed by atoms with Gasteiger partial charge in [0.25, 0.3) is 0 Å². The second-order valence-electron chi connectivity index (χ2n) is 8.66. The fourth-order valence-electron chi connectivity index (χ4n) is 4.91. The second-order valence-corrected chi connectivity index (χ2v) is 8.66. The quantitative estimate of drug-likeness (QED) is 0.268. The summed E-state index contributed by atoms with van der Waals surface area (Å²) < 4.78 is 8.67. The van der Waals surface area contributed by atoms with Gasteiger partial charge in [0.2, 0.25) is 5.69 Å². The van der Waals surface area contributed by atoms with Crippen LogP contribution in [0.25, 0.3) is 55.1 Å². The predicted molar refractivity (Wildman–Crippen MR) is 133 cm³/mol. The number of fused-ring (bicyclic) bond motifs is 5. The molecule has 154 valence electrons. The summed E-state index contributed by atoms with van der Waals surface area (Å²) in [6.07, 6.45) is 2.22. The Morgan fingerprint density at radius 3 is 2.28 bits per heavy atom. The van der Waals surface area contributed by atoms with Gasteiger partial charge in [0.05, 0.1) is 5.56 Å². The lowest BCUT2D eigenvalue weighted by Gasteiger charge is -2.10. The Morgan fingerprint density at radius 2 is 1.44 bits per heavy atom. The zero-order valence-corrected chi connectivity index (χ0v) is 18.5. The van der Waals surface area contributed by atoms with Crippen molar-refractivity contribution in [3.05, 3.63) is 102 Å². The highest BCUT2D eigenvalue weighted by Gasteiger charge is 2.19. The molecular weight excluding hydrogens is 390 g/mol. The SMILES string of the molecule is Cc1c[n+](C)c(-c2cc3oc4c5ccccc5ccc4c3cc2C)cc1-c1ccccc1. The molecule has 0 saturated carbocycles. The lowest BCUT2D eigenvalue weighted by atomic mass is 9.96. The summed E-state index contributed by atoms with van der Waals surface area (Å²) in [5, 5.41) is 4.71. The Kier molecular flexibility index (Phi) is 4.16. The number of aromatic nitrogens is 1. The number of benzene rings is 4. The Hall–Kier alpha value is -3.91. The standard InChI is InChI=1S/C30H24NO/c1-19-15-27-24-14-13-22-11-7-8-12-23(22)30(24)32-29(27)17-26(19)28-16-25(20(2)18-31(28)3)21-9-5-4-6-10-21/h4-18H,1-3H3/q+1. The zero-order valence-electron chi connectivity index (χ0n) is 18.5. The Labute approximate surface area is 187 Å². The molecule has 0 aliphatic rings. The van der Waals surface area contributed by atoms with Crippen molar-refractivity contribution in [2.75, 3.05) is 0 Å². The monoisotopic (exact) mass is 414 g/mol. The van der Waals surface area contributed by atoms with Gasteiger partial charge in [0, 0.05) is 27.8 Å². The molecule has 6 aromatic rings. The largest absolute Gasteiger partial charge is 0.455 e.